The first-order valence-corrected chi connectivity index (χ1v) is 6.37. The highest BCUT2D eigenvalue weighted by Gasteiger charge is 2.16. The molecule has 0 saturated carbocycles. The minimum atomic E-state index is -0.333. The molecule has 0 amide bonds. The van der Waals surface area contributed by atoms with Crippen molar-refractivity contribution in [2.75, 3.05) is 0 Å². The van der Waals surface area contributed by atoms with Crippen molar-refractivity contribution in [3.05, 3.63) is 12.3 Å². The summed E-state index contributed by atoms with van der Waals surface area (Å²) in [6, 6.07) is 0. The Hall–Kier alpha value is -0.580. The highest BCUT2D eigenvalue weighted by Crippen LogP contribution is 2.16. The van der Waals surface area contributed by atoms with Crippen molar-refractivity contribution in [1.82, 2.24) is 0 Å². The van der Waals surface area contributed by atoms with Gasteiger partial charge in [0.2, 0.25) is 0 Å². The molecule has 0 N–H and O–H groups in total. The van der Waals surface area contributed by atoms with Gasteiger partial charge in [0.05, 0.1) is 11.7 Å². The molecule has 18 heavy (non-hydrogen) atoms. The monoisotopic (exact) mass is 260 g/mol. The van der Waals surface area contributed by atoms with E-state index < -0.39 is 0 Å². The molecule has 0 rings (SSSR count). The lowest BCUT2D eigenvalue weighted by Gasteiger charge is -2.22. The molecule has 0 aliphatic rings. The maximum Gasteiger partial charge on any atom is 0.135 e. The second kappa shape index (κ2) is 7.12. The third-order valence-electron chi connectivity index (χ3n) is 1.70. The lowest BCUT2D eigenvalue weighted by molar-refractivity contribution is -0.371. The Morgan fingerprint density at radius 2 is 1.50 bits per heavy atom. The first kappa shape index (κ1) is 17.4. The average molecular weight is 260 g/mol. The third-order valence-corrected chi connectivity index (χ3v) is 1.70. The average Bonchev–Trinajstić information content (AvgIpc) is 2.18. The summed E-state index contributed by atoms with van der Waals surface area (Å²) in [5.74, 6) is 0.594. The van der Waals surface area contributed by atoms with Gasteiger partial charge in [-0.1, -0.05) is 6.58 Å². The highest BCUT2D eigenvalue weighted by atomic mass is 17.2. The van der Waals surface area contributed by atoms with E-state index >= 15 is 0 Å². The maximum atomic E-state index is 5.26. The van der Waals surface area contributed by atoms with E-state index in [1.54, 1.807) is 0 Å². The van der Waals surface area contributed by atoms with Crippen LogP contribution in [-0.2, 0) is 19.6 Å². The summed E-state index contributed by atoms with van der Waals surface area (Å²) in [5.41, 5.74) is -0.627. The zero-order chi connectivity index (χ0) is 14.4. The SMILES string of the molecule is C=C(CCC(C)OOC(C)(C)C)OOC(C)(C)C. The number of rotatable bonds is 7. The van der Waals surface area contributed by atoms with Crippen molar-refractivity contribution in [3.63, 3.8) is 0 Å². The van der Waals surface area contributed by atoms with Gasteiger partial charge in [-0.2, -0.15) is 4.89 Å². The first-order valence-electron chi connectivity index (χ1n) is 6.37. The van der Waals surface area contributed by atoms with Gasteiger partial charge >= 0.3 is 0 Å². The fourth-order valence-electron chi connectivity index (χ4n) is 0.864. The summed E-state index contributed by atoms with van der Waals surface area (Å²) in [5, 5.41) is 0. The van der Waals surface area contributed by atoms with Crippen molar-refractivity contribution in [2.24, 2.45) is 0 Å². The van der Waals surface area contributed by atoms with E-state index in [0.29, 0.717) is 12.2 Å². The molecule has 0 bridgehead atoms. The molecular formula is C14H28O4. The zero-order valence-corrected chi connectivity index (χ0v) is 12.8. The zero-order valence-electron chi connectivity index (χ0n) is 12.8. The van der Waals surface area contributed by atoms with Gasteiger partial charge in [0.25, 0.3) is 0 Å². The summed E-state index contributed by atoms with van der Waals surface area (Å²) in [6.07, 6.45) is 1.42. The van der Waals surface area contributed by atoms with Crippen molar-refractivity contribution >= 4 is 0 Å². The molecule has 0 fully saturated rings. The van der Waals surface area contributed by atoms with Crippen molar-refractivity contribution in [1.29, 1.82) is 0 Å². The Bertz CT molecular complexity index is 248. The van der Waals surface area contributed by atoms with E-state index in [4.69, 9.17) is 19.6 Å². The van der Waals surface area contributed by atoms with Crippen LogP contribution in [0.1, 0.15) is 61.3 Å². The molecule has 1 unspecified atom stereocenters. The van der Waals surface area contributed by atoms with Gasteiger partial charge in [0, 0.05) is 6.42 Å². The molecule has 0 aromatic heterocycles. The van der Waals surface area contributed by atoms with E-state index in [-0.39, 0.29) is 17.3 Å². The minimum absolute atomic E-state index is 0.0146. The lowest BCUT2D eigenvalue weighted by Crippen LogP contribution is -2.23. The molecule has 0 saturated heterocycles. The molecule has 4 heteroatoms. The molecule has 1 atom stereocenters. The van der Waals surface area contributed by atoms with Crippen LogP contribution in [0, 0.1) is 0 Å². The van der Waals surface area contributed by atoms with Crippen LogP contribution < -0.4 is 0 Å². The number of hydrogen-bond acceptors (Lipinski definition) is 4. The van der Waals surface area contributed by atoms with Crippen molar-refractivity contribution in [3.8, 4) is 0 Å². The molecule has 0 spiro atoms. The molecule has 4 nitrogen and oxygen atoms in total. The molecule has 0 aliphatic carbocycles. The second-order valence-electron chi connectivity index (χ2n) is 6.46. The predicted octanol–water partition coefficient (Wildman–Crippen LogP) is 4.16. The van der Waals surface area contributed by atoms with Gasteiger partial charge in [0.15, 0.2) is 0 Å². The molecule has 0 aromatic carbocycles. The Labute approximate surface area is 111 Å². The van der Waals surface area contributed by atoms with E-state index in [1.807, 2.05) is 48.5 Å². The maximum absolute atomic E-state index is 5.26. The normalized spacial score (nSPS) is 14.4. The van der Waals surface area contributed by atoms with Gasteiger partial charge in [0.1, 0.15) is 11.4 Å². The topological polar surface area (TPSA) is 36.9 Å². The third kappa shape index (κ3) is 11.9. The van der Waals surface area contributed by atoms with Crippen LogP contribution in [0.2, 0.25) is 0 Å². The fraction of sp³-hybridized carbons (Fsp3) is 0.857. The van der Waals surface area contributed by atoms with Crippen LogP contribution in [0.25, 0.3) is 0 Å². The van der Waals surface area contributed by atoms with Crippen LogP contribution >= 0.6 is 0 Å². The molecule has 0 radical (unpaired) electrons. The Kier molecular flexibility index (Phi) is 6.89. The van der Waals surface area contributed by atoms with Gasteiger partial charge < -0.3 is 4.89 Å². The summed E-state index contributed by atoms with van der Waals surface area (Å²) in [6.45, 7) is 17.3. The van der Waals surface area contributed by atoms with Gasteiger partial charge in [-0.25, -0.2) is 9.78 Å². The summed E-state index contributed by atoms with van der Waals surface area (Å²) in [4.78, 5) is 20.8. The Morgan fingerprint density at radius 3 is 1.94 bits per heavy atom. The quantitative estimate of drug-likeness (QED) is 0.391. The van der Waals surface area contributed by atoms with Crippen LogP contribution in [0.3, 0.4) is 0 Å². The minimum Gasteiger partial charge on any atom is -0.342 e. The van der Waals surface area contributed by atoms with Gasteiger partial charge in [-0.05, 0) is 54.9 Å². The highest BCUT2D eigenvalue weighted by molar-refractivity contribution is 4.81. The first-order chi connectivity index (χ1) is 7.99. The molecular weight excluding hydrogens is 232 g/mol. The standard InChI is InChI=1S/C14H28O4/c1-11(15-17-13(3,4)5)9-10-12(2)16-18-14(6,7)8/h12H,1,9-10H2,2-8H3. The van der Waals surface area contributed by atoms with Crippen LogP contribution in [0.5, 0.6) is 0 Å². The number of hydrogen-bond donors (Lipinski definition) is 0. The lowest BCUT2D eigenvalue weighted by atomic mass is 10.2. The second-order valence-corrected chi connectivity index (χ2v) is 6.46. The summed E-state index contributed by atoms with van der Waals surface area (Å²) < 4.78 is 0. The Morgan fingerprint density at radius 1 is 1.00 bits per heavy atom. The van der Waals surface area contributed by atoms with Crippen LogP contribution in [0.15, 0.2) is 12.3 Å². The van der Waals surface area contributed by atoms with E-state index in [9.17, 15) is 0 Å². The predicted molar refractivity (Wildman–Crippen MR) is 71.7 cm³/mol. The van der Waals surface area contributed by atoms with E-state index in [0.717, 1.165) is 6.42 Å². The number of allylic oxidation sites excluding steroid dienone is 1. The van der Waals surface area contributed by atoms with E-state index in [2.05, 4.69) is 6.58 Å². The fourth-order valence-corrected chi connectivity index (χ4v) is 0.864. The summed E-state index contributed by atoms with van der Waals surface area (Å²) >= 11 is 0. The van der Waals surface area contributed by atoms with Crippen LogP contribution in [-0.4, -0.2) is 17.3 Å². The molecule has 0 heterocycles. The smallest absolute Gasteiger partial charge is 0.135 e. The molecule has 108 valence electrons. The molecule has 0 aromatic rings. The largest absolute Gasteiger partial charge is 0.342 e. The van der Waals surface area contributed by atoms with Gasteiger partial charge in [-0.15, -0.1) is 0 Å². The van der Waals surface area contributed by atoms with E-state index in [1.165, 1.54) is 0 Å². The molecule has 0 aliphatic heterocycles. The van der Waals surface area contributed by atoms with Crippen molar-refractivity contribution < 1.29 is 19.6 Å². The van der Waals surface area contributed by atoms with Crippen molar-refractivity contribution in [2.45, 2.75) is 78.6 Å². The van der Waals surface area contributed by atoms with Crippen LogP contribution in [0.4, 0.5) is 0 Å². The Balaban J connectivity index is 3.72. The van der Waals surface area contributed by atoms with Gasteiger partial charge in [-0.3, -0.25) is 0 Å². The summed E-state index contributed by atoms with van der Waals surface area (Å²) in [7, 11) is 0.